The van der Waals surface area contributed by atoms with E-state index in [1.807, 2.05) is 6.92 Å². The van der Waals surface area contributed by atoms with Crippen LogP contribution < -0.4 is 16.2 Å². The Balaban J connectivity index is 3.35. The molecular weight excluding hydrogens is 184 g/mol. The van der Waals surface area contributed by atoms with Crippen molar-refractivity contribution >= 4 is 11.7 Å². The molecule has 0 saturated heterocycles. The lowest BCUT2D eigenvalue weighted by Gasteiger charge is -2.07. The lowest BCUT2D eigenvalue weighted by atomic mass is 10.1. The van der Waals surface area contributed by atoms with Crippen molar-refractivity contribution in [3.05, 3.63) is 11.3 Å². The highest BCUT2D eigenvalue weighted by atomic mass is 16.5. The van der Waals surface area contributed by atoms with Crippen LogP contribution in [0.25, 0.3) is 0 Å². The van der Waals surface area contributed by atoms with Crippen molar-refractivity contribution in [3.63, 3.8) is 0 Å². The van der Waals surface area contributed by atoms with Gasteiger partial charge in [-0.25, -0.2) is 0 Å². The second kappa shape index (κ2) is 3.91. The summed E-state index contributed by atoms with van der Waals surface area (Å²) in [6.07, 6.45) is 0.550. The lowest BCUT2D eigenvalue weighted by Crippen LogP contribution is -2.18. The summed E-state index contributed by atoms with van der Waals surface area (Å²) in [4.78, 5) is 18.7. The van der Waals surface area contributed by atoms with Crippen LogP contribution in [0.5, 0.6) is 6.01 Å². The first-order chi connectivity index (χ1) is 6.60. The summed E-state index contributed by atoms with van der Waals surface area (Å²) in [6.45, 7) is 1.84. The van der Waals surface area contributed by atoms with Gasteiger partial charge in [-0.15, -0.1) is 0 Å². The zero-order valence-electron chi connectivity index (χ0n) is 8.07. The fraction of sp³-hybridized carbons (Fsp3) is 0.375. The predicted molar refractivity (Wildman–Crippen MR) is 50.9 cm³/mol. The Labute approximate surface area is 81.3 Å². The third kappa shape index (κ3) is 1.73. The number of methoxy groups -OCH3 is 1. The van der Waals surface area contributed by atoms with Crippen molar-refractivity contribution < 1.29 is 9.53 Å². The zero-order chi connectivity index (χ0) is 10.7. The van der Waals surface area contributed by atoms with E-state index in [4.69, 9.17) is 16.2 Å². The molecule has 0 saturated carbocycles. The Morgan fingerprint density at radius 2 is 2.14 bits per heavy atom. The maximum Gasteiger partial charge on any atom is 0.318 e. The molecule has 6 nitrogen and oxygen atoms in total. The van der Waals surface area contributed by atoms with E-state index in [2.05, 4.69) is 9.97 Å². The van der Waals surface area contributed by atoms with Gasteiger partial charge in [0.15, 0.2) is 0 Å². The van der Waals surface area contributed by atoms with E-state index < -0.39 is 5.91 Å². The molecule has 1 rings (SSSR count). The van der Waals surface area contributed by atoms with Gasteiger partial charge >= 0.3 is 6.01 Å². The molecule has 0 aliphatic heterocycles. The molecule has 0 fully saturated rings. The number of nitrogen functional groups attached to an aromatic ring is 1. The standard InChI is InChI=1S/C8H12N4O2/c1-3-4-5(7(10)13)11-8(14-2)12-6(4)9/h3H2,1-2H3,(H2,10,13)(H2,9,11,12). The van der Waals surface area contributed by atoms with Crippen LogP contribution in [0.2, 0.25) is 0 Å². The highest BCUT2D eigenvalue weighted by molar-refractivity contribution is 5.93. The van der Waals surface area contributed by atoms with Crippen LogP contribution in [0.15, 0.2) is 0 Å². The van der Waals surface area contributed by atoms with Crippen molar-refractivity contribution in [2.75, 3.05) is 12.8 Å². The first kappa shape index (κ1) is 10.2. The Morgan fingerprint density at radius 1 is 1.50 bits per heavy atom. The van der Waals surface area contributed by atoms with Crippen LogP contribution in [0.3, 0.4) is 0 Å². The number of aromatic nitrogens is 2. The third-order valence-electron chi connectivity index (χ3n) is 1.79. The van der Waals surface area contributed by atoms with Crippen LogP contribution in [-0.4, -0.2) is 23.0 Å². The van der Waals surface area contributed by atoms with Gasteiger partial charge < -0.3 is 16.2 Å². The number of nitrogens with two attached hydrogens (primary N) is 2. The number of hydrogen-bond acceptors (Lipinski definition) is 5. The molecule has 1 aromatic heterocycles. The van der Waals surface area contributed by atoms with Gasteiger partial charge in [0.1, 0.15) is 11.5 Å². The summed E-state index contributed by atoms with van der Waals surface area (Å²) >= 11 is 0. The minimum atomic E-state index is -0.630. The van der Waals surface area contributed by atoms with Crippen molar-refractivity contribution in [2.24, 2.45) is 5.73 Å². The number of carbonyl (C=O) groups excluding carboxylic acids is 1. The molecule has 0 aliphatic carbocycles. The molecule has 0 aliphatic rings. The quantitative estimate of drug-likeness (QED) is 0.692. The van der Waals surface area contributed by atoms with Crippen molar-refractivity contribution in [3.8, 4) is 6.01 Å². The molecule has 1 heterocycles. The molecule has 0 spiro atoms. The minimum Gasteiger partial charge on any atom is -0.467 e. The van der Waals surface area contributed by atoms with Gasteiger partial charge in [-0.3, -0.25) is 4.79 Å². The molecule has 0 bridgehead atoms. The maximum absolute atomic E-state index is 11.0. The van der Waals surface area contributed by atoms with E-state index in [1.54, 1.807) is 0 Å². The monoisotopic (exact) mass is 196 g/mol. The zero-order valence-corrected chi connectivity index (χ0v) is 8.07. The molecule has 1 aromatic rings. The largest absolute Gasteiger partial charge is 0.467 e. The van der Waals surface area contributed by atoms with Crippen LogP contribution >= 0.6 is 0 Å². The van der Waals surface area contributed by atoms with E-state index in [0.29, 0.717) is 12.0 Å². The Bertz CT molecular complexity index is 365. The maximum atomic E-state index is 11.0. The number of nitrogens with zero attached hydrogens (tertiary/aromatic N) is 2. The lowest BCUT2D eigenvalue weighted by molar-refractivity contribution is 0.0993. The molecular formula is C8H12N4O2. The Kier molecular flexibility index (Phi) is 2.85. The SMILES string of the molecule is CCc1c(N)nc(OC)nc1C(N)=O. The number of carbonyl (C=O) groups is 1. The normalized spacial score (nSPS) is 9.86. The number of rotatable bonds is 3. The highest BCUT2D eigenvalue weighted by Crippen LogP contribution is 2.16. The fourth-order valence-corrected chi connectivity index (χ4v) is 1.12. The van der Waals surface area contributed by atoms with Crippen molar-refractivity contribution in [1.29, 1.82) is 0 Å². The van der Waals surface area contributed by atoms with Crippen molar-refractivity contribution in [1.82, 2.24) is 9.97 Å². The third-order valence-corrected chi connectivity index (χ3v) is 1.79. The summed E-state index contributed by atoms with van der Waals surface area (Å²) in [5.74, 6) is -0.401. The molecule has 0 radical (unpaired) electrons. The van der Waals surface area contributed by atoms with Gasteiger partial charge in [0.25, 0.3) is 5.91 Å². The van der Waals surface area contributed by atoms with Gasteiger partial charge in [-0.1, -0.05) is 6.92 Å². The Morgan fingerprint density at radius 3 is 2.57 bits per heavy atom. The van der Waals surface area contributed by atoms with Crippen LogP contribution in [0, 0.1) is 0 Å². The van der Waals surface area contributed by atoms with Crippen LogP contribution in [0.1, 0.15) is 23.0 Å². The average Bonchev–Trinajstić information content (AvgIpc) is 2.16. The van der Waals surface area contributed by atoms with E-state index in [1.165, 1.54) is 7.11 Å². The van der Waals surface area contributed by atoms with E-state index in [-0.39, 0.29) is 17.5 Å². The van der Waals surface area contributed by atoms with E-state index in [0.717, 1.165) is 0 Å². The number of hydrogen-bond donors (Lipinski definition) is 2. The molecule has 4 N–H and O–H groups in total. The van der Waals surface area contributed by atoms with Gasteiger partial charge in [0, 0.05) is 5.56 Å². The molecule has 1 amide bonds. The fourth-order valence-electron chi connectivity index (χ4n) is 1.12. The summed E-state index contributed by atoms with van der Waals surface area (Å²) in [7, 11) is 1.39. The van der Waals surface area contributed by atoms with Gasteiger partial charge in [0.2, 0.25) is 0 Å². The predicted octanol–water partition coefficient (Wildman–Crippen LogP) is -0.271. The molecule has 76 valence electrons. The molecule has 6 heteroatoms. The smallest absolute Gasteiger partial charge is 0.318 e. The van der Waals surface area contributed by atoms with Crippen LogP contribution in [0.4, 0.5) is 5.82 Å². The van der Waals surface area contributed by atoms with Gasteiger partial charge in [-0.2, -0.15) is 9.97 Å². The Hall–Kier alpha value is -1.85. The molecule has 0 unspecified atom stereocenters. The summed E-state index contributed by atoms with van der Waals surface area (Å²) in [5, 5.41) is 0. The molecule has 0 atom stereocenters. The summed E-state index contributed by atoms with van der Waals surface area (Å²) in [5.41, 5.74) is 11.4. The van der Waals surface area contributed by atoms with E-state index in [9.17, 15) is 4.79 Å². The number of primary amides is 1. The summed E-state index contributed by atoms with van der Waals surface area (Å²) < 4.78 is 4.78. The number of ether oxygens (including phenoxy) is 1. The topological polar surface area (TPSA) is 104 Å². The second-order valence-electron chi connectivity index (χ2n) is 2.64. The molecule has 0 aromatic carbocycles. The highest BCUT2D eigenvalue weighted by Gasteiger charge is 2.15. The second-order valence-corrected chi connectivity index (χ2v) is 2.64. The van der Waals surface area contributed by atoms with E-state index >= 15 is 0 Å². The van der Waals surface area contributed by atoms with Gasteiger partial charge in [-0.05, 0) is 6.42 Å². The average molecular weight is 196 g/mol. The number of anilines is 1. The minimum absolute atomic E-state index is 0.0495. The van der Waals surface area contributed by atoms with Gasteiger partial charge in [0.05, 0.1) is 7.11 Å². The number of amides is 1. The summed E-state index contributed by atoms with van der Waals surface area (Å²) in [6, 6.07) is 0.0495. The first-order valence-electron chi connectivity index (χ1n) is 4.10. The van der Waals surface area contributed by atoms with Crippen LogP contribution in [-0.2, 0) is 6.42 Å². The first-order valence-corrected chi connectivity index (χ1v) is 4.10. The molecule has 14 heavy (non-hydrogen) atoms. The van der Waals surface area contributed by atoms with Crippen molar-refractivity contribution in [2.45, 2.75) is 13.3 Å².